The third-order valence-corrected chi connectivity index (χ3v) is 5.43. The molecular weight excluding hydrogens is 451 g/mol. The van der Waals surface area contributed by atoms with Gasteiger partial charge in [0.1, 0.15) is 11.0 Å². The molecule has 0 aliphatic carbocycles. The van der Waals surface area contributed by atoms with Gasteiger partial charge in [-0.2, -0.15) is 21.9 Å². The van der Waals surface area contributed by atoms with Crippen LogP contribution in [0.2, 0.25) is 0 Å². The summed E-state index contributed by atoms with van der Waals surface area (Å²) in [6.07, 6.45) is -4.51. The van der Waals surface area contributed by atoms with Gasteiger partial charge < -0.3 is 15.0 Å². The van der Waals surface area contributed by atoms with Crippen molar-refractivity contribution in [3.63, 3.8) is 0 Å². The van der Waals surface area contributed by atoms with Gasteiger partial charge in [-0.1, -0.05) is 0 Å². The zero-order chi connectivity index (χ0) is 22.0. The Hall–Kier alpha value is -2.83. The highest BCUT2D eigenvalue weighted by Crippen LogP contribution is 2.35. The average Bonchev–Trinajstić information content (AvgIpc) is 3.21. The minimum Gasteiger partial charge on any atom is -0.378 e. The molecule has 2 N–H and O–H groups in total. The molecular formula is C19H16F3N5O2S2. The Morgan fingerprint density at radius 3 is 2.58 bits per heavy atom. The van der Waals surface area contributed by atoms with Crippen LogP contribution in [0, 0.1) is 0 Å². The fourth-order valence-corrected chi connectivity index (χ4v) is 3.86. The summed E-state index contributed by atoms with van der Waals surface area (Å²) in [5.74, 6) is -0.507. The van der Waals surface area contributed by atoms with Gasteiger partial charge in [0.25, 0.3) is 5.91 Å². The van der Waals surface area contributed by atoms with Crippen LogP contribution < -0.4 is 15.5 Å². The number of nitrogens with zero attached hydrogens (tertiary/aromatic N) is 3. The van der Waals surface area contributed by atoms with Crippen molar-refractivity contribution in [1.29, 1.82) is 0 Å². The highest BCUT2D eigenvalue weighted by Gasteiger charge is 2.31. The maximum atomic E-state index is 13.2. The van der Waals surface area contributed by atoms with E-state index in [1.165, 1.54) is 6.07 Å². The Bertz CT molecular complexity index is 1130. The molecule has 0 unspecified atom stereocenters. The maximum Gasteiger partial charge on any atom is 0.416 e. The molecule has 12 heteroatoms. The fraction of sp³-hybridized carbons (Fsp3) is 0.263. The molecule has 4 rings (SSSR count). The zero-order valence-electron chi connectivity index (χ0n) is 15.9. The highest BCUT2D eigenvalue weighted by atomic mass is 32.1. The van der Waals surface area contributed by atoms with Crippen LogP contribution in [-0.4, -0.2) is 46.1 Å². The number of anilines is 2. The van der Waals surface area contributed by atoms with Crippen molar-refractivity contribution in [3.05, 3.63) is 47.5 Å². The van der Waals surface area contributed by atoms with Crippen LogP contribution in [0.3, 0.4) is 0 Å². The van der Waals surface area contributed by atoms with Crippen LogP contribution in [0.25, 0.3) is 11.0 Å². The van der Waals surface area contributed by atoms with Crippen molar-refractivity contribution in [2.75, 3.05) is 36.5 Å². The van der Waals surface area contributed by atoms with E-state index >= 15 is 0 Å². The van der Waals surface area contributed by atoms with E-state index < -0.39 is 17.6 Å². The number of halogens is 3. The maximum absolute atomic E-state index is 13.2. The molecule has 1 amide bonds. The van der Waals surface area contributed by atoms with E-state index in [4.69, 9.17) is 17.0 Å². The second kappa shape index (κ2) is 8.73. The van der Waals surface area contributed by atoms with Crippen LogP contribution >= 0.6 is 23.9 Å². The van der Waals surface area contributed by atoms with Gasteiger partial charge in [-0.3, -0.25) is 10.1 Å². The first-order chi connectivity index (χ1) is 14.8. The molecule has 1 aliphatic rings. The van der Waals surface area contributed by atoms with Crippen LogP contribution in [-0.2, 0) is 10.9 Å². The molecule has 1 saturated heterocycles. The van der Waals surface area contributed by atoms with E-state index in [9.17, 15) is 18.0 Å². The number of fused-ring (bicyclic) bond motifs is 1. The largest absolute Gasteiger partial charge is 0.416 e. The Morgan fingerprint density at radius 1 is 1.10 bits per heavy atom. The number of ether oxygens (including phenoxy) is 1. The summed E-state index contributed by atoms with van der Waals surface area (Å²) in [6, 6.07) is 8.20. The molecule has 0 bridgehead atoms. The average molecular weight is 467 g/mol. The minimum absolute atomic E-state index is 0.115. The Labute approximate surface area is 184 Å². The Morgan fingerprint density at radius 2 is 1.84 bits per heavy atom. The summed E-state index contributed by atoms with van der Waals surface area (Å²) >= 11 is 6.23. The number of thiocarbonyl (C=S) groups is 1. The lowest BCUT2D eigenvalue weighted by molar-refractivity contribution is -0.137. The van der Waals surface area contributed by atoms with E-state index in [0.717, 1.165) is 23.9 Å². The van der Waals surface area contributed by atoms with Crippen LogP contribution in [0.5, 0.6) is 0 Å². The lowest BCUT2D eigenvalue weighted by Gasteiger charge is -2.31. The Kier molecular flexibility index (Phi) is 6.03. The van der Waals surface area contributed by atoms with Crippen molar-refractivity contribution in [1.82, 2.24) is 14.1 Å². The van der Waals surface area contributed by atoms with Gasteiger partial charge in [0.15, 0.2) is 5.11 Å². The smallest absolute Gasteiger partial charge is 0.378 e. The van der Waals surface area contributed by atoms with Crippen LogP contribution in [0.4, 0.5) is 24.5 Å². The number of hydrogen-bond acceptors (Lipinski definition) is 7. The van der Waals surface area contributed by atoms with Gasteiger partial charge in [0.05, 0.1) is 41.9 Å². The number of aromatic nitrogens is 2. The monoisotopic (exact) mass is 467 g/mol. The number of alkyl halides is 3. The van der Waals surface area contributed by atoms with E-state index in [-0.39, 0.29) is 10.8 Å². The molecule has 0 radical (unpaired) electrons. The summed E-state index contributed by atoms with van der Waals surface area (Å²) < 4.78 is 53.2. The standard InChI is InChI=1S/C19H16F3N5O2S2/c20-19(21,22)12-2-4-16(27-5-7-29-8-6-27)15(10-12)23-18(30)24-17(28)11-1-3-13-14(9-11)26-31-25-13/h1-4,9-10H,5-8H2,(H2,23,24,28,30). The number of benzene rings is 2. The van der Waals surface area contributed by atoms with E-state index in [0.29, 0.717) is 48.6 Å². The van der Waals surface area contributed by atoms with Gasteiger partial charge in [0, 0.05) is 18.7 Å². The second-order valence-electron chi connectivity index (χ2n) is 6.71. The zero-order valence-corrected chi connectivity index (χ0v) is 17.5. The minimum atomic E-state index is -4.51. The molecule has 1 aromatic heterocycles. The molecule has 31 heavy (non-hydrogen) atoms. The Balaban J connectivity index is 1.54. The lowest BCUT2D eigenvalue weighted by Crippen LogP contribution is -2.38. The molecule has 3 aromatic rings. The molecule has 2 aromatic carbocycles. The van der Waals surface area contributed by atoms with E-state index in [1.54, 1.807) is 18.2 Å². The fourth-order valence-electron chi connectivity index (χ4n) is 3.14. The van der Waals surface area contributed by atoms with Gasteiger partial charge in [-0.15, -0.1) is 0 Å². The second-order valence-corrected chi connectivity index (χ2v) is 7.64. The highest BCUT2D eigenvalue weighted by molar-refractivity contribution is 7.80. The molecule has 1 aliphatic heterocycles. The summed E-state index contributed by atoms with van der Waals surface area (Å²) in [6.45, 7) is 1.99. The molecule has 0 spiro atoms. The topological polar surface area (TPSA) is 79.4 Å². The van der Waals surface area contributed by atoms with Crippen molar-refractivity contribution in [2.45, 2.75) is 6.18 Å². The van der Waals surface area contributed by atoms with Gasteiger partial charge in [-0.25, -0.2) is 0 Å². The number of carbonyl (C=O) groups excluding carboxylic acids is 1. The van der Waals surface area contributed by atoms with E-state index in [1.807, 2.05) is 4.90 Å². The van der Waals surface area contributed by atoms with Crippen LogP contribution in [0.1, 0.15) is 15.9 Å². The van der Waals surface area contributed by atoms with Gasteiger partial charge in [-0.05, 0) is 48.6 Å². The van der Waals surface area contributed by atoms with Crippen molar-refractivity contribution >= 4 is 57.4 Å². The SMILES string of the molecule is O=C(NC(=S)Nc1cc(C(F)(F)F)ccc1N1CCOCC1)c1ccc2nsnc2c1. The predicted molar refractivity (Wildman–Crippen MR) is 116 cm³/mol. The van der Waals surface area contributed by atoms with E-state index in [2.05, 4.69) is 19.4 Å². The number of nitrogens with one attached hydrogen (secondary N) is 2. The van der Waals surface area contributed by atoms with Crippen molar-refractivity contribution in [3.8, 4) is 0 Å². The van der Waals surface area contributed by atoms with Gasteiger partial charge >= 0.3 is 6.18 Å². The first-order valence-electron chi connectivity index (χ1n) is 9.20. The van der Waals surface area contributed by atoms with Crippen molar-refractivity contribution in [2.24, 2.45) is 0 Å². The number of carbonyl (C=O) groups is 1. The number of amides is 1. The summed E-state index contributed by atoms with van der Waals surface area (Å²) in [7, 11) is 0. The lowest BCUT2D eigenvalue weighted by atomic mass is 10.1. The number of hydrogen-bond donors (Lipinski definition) is 2. The summed E-state index contributed by atoms with van der Waals surface area (Å²) in [5, 5.41) is 5.13. The molecule has 2 heterocycles. The molecule has 1 fully saturated rings. The molecule has 0 saturated carbocycles. The summed E-state index contributed by atoms with van der Waals surface area (Å²) in [5.41, 5.74) is 1.43. The number of morpholine rings is 1. The molecule has 0 atom stereocenters. The molecule has 162 valence electrons. The molecule has 7 nitrogen and oxygen atoms in total. The third kappa shape index (κ3) is 4.92. The third-order valence-electron chi connectivity index (χ3n) is 4.67. The van der Waals surface area contributed by atoms with Crippen molar-refractivity contribution < 1.29 is 22.7 Å². The van der Waals surface area contributed by atoms with Crippen LogP contribution in [0.15, 0.2) is 36.4 Å². The number of rotatable bonds is 3. The summed E-state index contributed by atoms with van der Waals surface area (Å²) in [4.78, 5) is 14.4. The quantitative estimate of drug-likeness (QED) is 0.569. The predicted octanol–water partition coefficient (Wildman–Crippen LogP) is 3.67. The first kappa shape index (κ1) is 21.4. The first-order valence-corrected chi connectivity index (χ1v) is 10.3. The van der Waals surface area contributed by atoms with Gasteiger partial charge in [0.2, 0.25) is 0 Å². The normalized spacial score (nSPS) is 14.5.